The lowest BCUT2D eigenvalue weighted by Gasteiger charge is -2.24. The van der Waals surface area contributed by atoms with E-state index in [1.165, 1.54) is 25.4 Å². The van der Waals surface area contributed by atoms with Crippen LogP contribution in [0.15, 0.2) is 35.2 Å². The standard InChI is InChI=1S/C18H17F6NOS/c1-10-6-4-5-7-13(10)26-15-12(17(19,20)21)8-11(9-25-2)16(27-3)14(15)18(22,23)24/h4-8,25H,9H2,1-3H3. The van der Waals surface area contributed by atoms with Crippen LogP contribution in [0.25, 0.3) is 0 Å². The molecule has 0 spiro atoms. The number of halogens is 6. The van der Waals surface area contributed by atoms with Gasteiger partial charge in [0.15, 0.2) is 5.75 Å². The van der Waals surface area contributed by atoms with Crippen molar-refractivity contribution in [3.63, 3.8) is 0 Å². The first-order chi connectivity index (χ1) is 12.5. The van der Waals surface area contributed by atoms with Crippen LogP contribution < -0.4 is 10.1 Å². The van der Waals surface area contributed by atoms with E-state index in [1.807, 2.05) is 0 Å². The third-order valence-corrected chi connectivity index (χ3v) is 4.65. The number of aryl methyl sites for hydroxylation is 1. The fourth-order valence-electron chi connectivity index (χ4n) is 2.61. The molecule has 0 saturated heterocycles. The van der Waals surface area contributed by atoms with Crippen molar-refractivity contribution in [1.29, 1.82) is 0 Å². The van der Waals surface area contributed by atoms with E-state index in [0.29, 0.717) is 11.6 Å². The summed E-state index contributed by atoms with van der Waals surface area (Å²) < 4.78 is 87.4. The lowest BCUT2D eigenvalue weighted by Crippen LogP contribution is -2.18. The van der Waals surface area contributed by atoms with Gasteiger partial charge in [0.1, 0.15) is 11.3 Å². The van der Waals surface area contributed by atoms with Gasteiger partial charge in [0.05, 0.1) is 5.56 Å². The molecule has 1 N–H and O–H groups in total. The maximum absolute atomic E-state index is 13.8. The second-order valence-electron chi connectivity index (χ2n) is 5.71. The topological polar surface area (TPSA) is 21.3 Å². The first kappa shape index (κ1) is 21.4. The summed E-state index contributed by atoms with van der Waals surface area (Å²) >= 11 is 0.730. The van der Waals surface area contributed by atoms with Gasteiger partial charge in [-0.2, -0.15) is 26.3 Å². The van der Waals surface area contributed by atoms with Gasteiger partial charge in [0.2, 0.25) is 0 Å². The highest BCUT2D eigenvalue weighted by atomic mass is 32.2. The Labute approximate surface area is 156 Å². The van der Waals surface area contributed by atoms with Crippen LogP contribution in [-0.4, -0.2) is 13.3 Å². The van der Waals surface area contributed by atoms with Crippen molar-refractivity contribution in [3.05, 3.63) is 52.6 Å². The third-order valence-electron chi connectivity index (χ3n) is 3.77. The van der Waals surface area contributed by atoms with Gasteiger partial charge in [-0.3, -0.25) is 0 Å². The average Bonchev–Trinajstić information content (AvgIpc) is 2.55. The van der Waals surface area contributed by atoms with E-state index in [1.54, 1.807) is 19.1 Å². The summed E-state index contributed by atoms with van der Waals surface area (Å²) in [5.74, 6) is -1.30. The zero-order valence-electron chi connectivity index (χ0n) is 14.7. The molecule has 2 aromatic rings. The van der Waals surface area contributed by atoms with Crippen LogP contribution in [0.1, 0.15) is 22.3 Å². The number of nitrogens with one attached hydrogen (secondary N) is 1. The van der Waals surface area contributed by atoms with Crippen molar-refractivity contribution in [2.24, 2.45) is 0 Å². The zero-order chi connectivity index (χ0) is 20.4. The molecule has 2 rings (SSSR count). The van der Waals surface area contributed by atoms with Crippen LogP contribution in [-0.2, 0) is 18.9 Å². The fourth-order valence-corrected chi connectivity index (χ4v) is 3.42. The second-order valence-corrected chi connectivity index (χ2v) is 6.53. The molecule has 0 heterocycles. The van der Waals surface area contributed by atoms with Crippen LogP contribution in [0, 0.1) is 6.92 Å². The molecule has 148 valence electrons. The SMILES string of the molecule is CNCc1cc(C(F)(F)F)c(Oc2ccccc2C)c(C(F)(F)F)c1SC. The number of para-hydroxylation sites is 1. The molecule has 2 aromatic carbocycles. The largest absolute Gasteiger partial charge is 0.456 e. The van der Waals surface area contributed by atoms with Crippen LogP contribution in [0.2, 0.25) is 0 Å². The fraction of sp³-hybridized carbons (Fsp3) is 0.333. The van der Waals surface area contributed by atoms with Crippen molar-refractivity contribution in [2.45, 2.75) is 30.7 Å². The molecule has 0 aliphatic carbocycles. The molecule has 0 aromatic heterocycles. The van der Waals surface area contributed by atoms with Crippen molar-refractivity contribution in [2.75, 3.05) is 13.3 Å². The summed E-state index contributed by atoms with van der Waals surface area (Å²) in [6, 6.07) is 6.68. The first-order valence-corrected chi connectivity index (χ1v) is 8.99. The normalized spacial score (nSPS) is 12.3. The van der Waals surface area contributed by atoms with Gasteiger partial charge < -0.3 is 10.1 Å². The van der Waals surface area contributed by atoms with Gasteiger partial charge in [-0.1, -0.05) is 18.2 Å². The van der Waals surface area contributed by atoms with Crippen molar-refractivity contribution >= 4 is 11.8 Å². The van der Waals surface area contributed by atoms with Gasteiger partial charge in [0.25, 0.3) is 0 Å². The Kier molecular flexibility index (Phi) is 6.36. The minimum atomic E-state index is -5.03. The number of ether oxygens (including phenoxy) is 1. The Hall–Kier alpha value is -1.87. The van der Waals surface area contributed by atoms with Crippen molar-refractivity contribution < 1.29 is 31.1 Å². The summed E-state index contributed by atoms with van der Waals surface area (Å²) in [7, 11) is 1.45. The molecule has 27 heavy (non-hydrogen) atoms. The predicted molar refractivity (Wildman–Crippen MR) is 92.2 cm³/mol. The Balaban J connectivity index is 2.87. The van der Waals surface area contributed by atoms with Gasteiger partial charge in [0, 0.05) is 11.4 Å². The first-order valence-electron chi connectivity index (χ1n) is 7.77. The minimum Gasteiger partial charge on any atom is -0.456 e. The summed E-state index contributed by atoms with van der Waals surface area (Å²) in [6.07, 6.45) is -8.66. The number of hydrogen-bond acceptors (Lipinski definition) is 3. The number of thioether (sulfide) groups is 1. The van der Waals surface area contributed by atoms with E-state index in [9.17, 15) is 26.3 Å². The Morgan fingerprint density at radius 2 is 1.67 bits per heavy atom. The predicted octanol–water partition coefficient (Wildman–Crippen LogP) is 6.27. The van der Waals surface area contributed by atoms with Crippen LogP contribution >= 0.6 is 11.8 Å². The van der Waals surface area contributed by atoms with Crippen LogP contribution in [0.4, 0.5) is 26.3 Å². The maximum Gasteiger partial charge on any atom is 0.421 e. The monoisotopic (exact) mass is 409 g/mol. The number of alkyl halides is 6. The molecule has 9 heteroatoms. The molecule has 0 aliphatic rings. The molecule has 2 nitrogen and oxygen atoms in total. The molecule has 0 unspecified atom stereocenters. The van der Waals surface area contributed by atoms with Gasteiger partial charge in [-0.25, -0.2) is 0 Å². The highest BCUT2D eigenvalue weighted by molar-refractivity contribution is 7.98. The molecule has 0 fully saturated rings. The maximum atomic E-state index is 13.8. The summed E-state index contributed by atoms with van der Waals surface area (Å²) in [6.45, 7) is 1.40. The lowest BCUT2D eigenvalue weighted by molar-refractivity contribution is -0.146. The number of hydrogen-bond donors (Lipinski definition) is 1. The van der Waals surface area contributed by atoms with Crippen molar-refractivity contribution in [3.8, 4) is 11.5 Å². The van der Waals surface area contributed by atoms with Gasteiger partial charge in [-0.15, -0.1) is 11.8 Å². The zero-order valence-corrected chi connectivity index (χ0v) is 15.5. The van der Waals surface area contributed by atoms with Crippen LogP contribution in [0.5, 0.6) is 11.5 Å². The molecule has 0 bridgehead atoms. The van der Waals surface area contributed by atoms with E-state index in [0.717, 1.165) is 11.8 Å². The second kappa shape index (κ2) is 8.02. The van der Waals surface area contributed by atoms with Gasteiger partial charge >= 0.3 is 12.4 Å². The average molecular weight is 409 g/mol. The summed E-state index contributed by atoms with van der Waals surface area (Å²) in [4.78, 5) is -0.298. The molecular formula is C18H17F6NOS. The lowest BCUT2D eigenvalue weighted by atomic mass is 10.0. The number of rotatable bonds is 5. The highest BCUT2D eigenvalue weighted by Gasteiger charge is 2.45. The molecule has 0 amide bonds. The van der Waals surface area contributed by atoms with Crippen molar-refractivity contribution in [1.82, 2.24) is 5.32 Å². The third kappa shape index (κ3) is 4.70. The smallest absolute Gasteiger partial charge is 0.421 e. The summed E-state index contributed by atoms with van der Waals surface area (Å²) in [5, 5.41) is 2.61. The molecule has 0 atom stereocenters. The van der Waals surface area contributed by atoms with E-state index >= 15 is 0 Å². The van der Waals surface area contributed by atoms with Gasteiger partial charge in [-0.05, 0) is 43.5 Å². The van der Waals surface area contributed by atoms with Crippen LogP contribution in [0.3, 0.4) is 0 Å². The van der Waals surface area contributed by atoms with E-state index in [2.05, 4.69) is 5.32 Å². The van der Waals surface area contributed by atoms with E-state index in [-0.39, 0.29) is 22.8 Å². The molecule has 0 radical (unpaired) electrons. The van der Waals surface area contributed by atoms with E-state index < -0.39 is 29.2 Å². The minimum absolute atomic E-state index is 0.0677. The Bertz CT molecular complexity index is 817. The summed E-state index contributed by atoms with van der Waals surface area (Å²) in [5.41, 5.74) is -2.55. The Morgan fingerprint density at radius 1 is 1.04 bits per heavy atom. The molecule has 0 aliphatic heterocycles. The highest BCUT2D eigenvalue weighted by Crippen LogP contribution is 2.50. The van der Waals surface area contributed by atoms with E-state index in [4.69, 9.17) is 4.74 Å². The molecular weight excluding hydrogens is 392 g/mol. The quantitative estimate of drug-likeness (QED) is 0.465. The molecule has 0 saturated carbocycles. The Morgan fingerprint density at radius 3 is 2.15 bits per heavy atom. The number of benzene rings is 2.